The first kappa shape index (κ1) is 15.4. The van der Waals surface area contributed by atoms with Crippen molar-refractivity contribution in [1.82, 2.24) is 4.90 Å². The number of carbonyl (C=O) groups excluding carboxylic acids is 2. The monoisotopic (exact) mass is 302 g/mol. The number of benzene rings is 1. The Morgan fingerprint density at radius 2 is 1.95 bits per heavy atom. The molecule has 0 atom stereocenters. The SMILES string of the molecule is C=C=CC(=O)Nc1ccc(CC(=O)N2CCSCC2)cc1. The lowest BCUT2D eigenvalue weighted by atomic mass is 10.1. The Bertz CT molecular complexity index is 556. The number of hydrogen-bond acceptors (Lipinski definition) is 3. The van der Waals surface area contributed by atoms with Crippen molar-refractivity contribution in [1.29, 1.82) is 0 Å². The quantitative estimate of drug-likeness (QED) is 0.684. The molecule has 21 heavy (non-hydrogen) atoms. The fraction of sp³-hybridized carbons (Fsp3) is 0.312. The first-order valence-corrected chi connectivity index (χ1v) is 7.96. The van der Waals surface area contributed by atoms with Gasteiger partial charge in [0, 0.05) is 36.4 Å². The summed E-state index contributed by atoms with van der Waals surface area (Å²) in [6.07, 6.45) is 1.65. The van der Waals surface area contributed by atoms with Crippen LogP contribution >= 0.6 is 11.8 Å². The number of anilines is 1. The molecule has 0 saturated carbocycles. The molecule has 5 heteroatoms. The first-order chi connectivity index (χ1) is 10.2. The van der Waals surface area contributed by atoms with Crippen LogP contribution in [-0.4, -0.2) is 41.3 Å². The van der Waals surface area contributed by atoms with Gasteiger partial charge in [0.15, 0.2) is 0 Å². The van der Waals surface area contributed by atoms with Gasteiger partial charge in [0.25, 0.3) is 5.91 Å². The molecule has 2 rings (SSSR count). The summed E-state index contributed by atoms with van der Waals surface area (Å²) in [5.74, 6) is 1.95. The average Bonchev–Trinajstić information content (AvgIpc) is 2.50. The van der Waals surface area contributed by atoms with Crippen LogP contribution < -0.4 is 5.32 Å². The van der Waals surface area contributed by atoms with E-state index in [0.717, 1.165) is 30.2 Å². The lowest BCUT2D eigenvalue weighted by molar-refractivity contribution is -0.130. The summed E-state index contributed by atoms with van der Waals surface area (Å²) in [5.41, 5.74) is 4.07. The topological polar surface area (TPSA) is 49.4 Å². The maximum absolute atomic E-state index is 12.1. The van der Waals surface area contributed by atoms with Gasteiger partial charge in [-0.3, -0.25) is 9.59 Å². The average molecular weight is 302 g/mol. The van der Waals surface area contributed by atoms with E-state index in [0.29, 0.717) is 12.1 Å². The van der Waals surface area contributed by atoms with Gasteiger partial charge in [-0.15, -0.1) is 5.73 Å². The molecule has 0 unspecified atom stereocenters. The van der Waals surface area contributed by atoms with Crippen LogP contribution in [0.15, 0.2) is 42.7 Å². The highest BCUT2D eigenvalue weighted by Crippen LogP contribution is 2.13. The summed E-state index contributed by atoms with van der Waals surface area (Å²) >= 11 is 1.89. The van der Waals surface area contributed by atoms with Gasteiger partial charge in [0.2, 0.25) is 5.91 Å². The van der Waals surface area contributed by atoms with Crippen molar-refractivity contribution in [2.24, 2.45) is 0 Å². The summed E-state index contributed by atoms with van der Waals surface area (Å²) < 4.78 is 0. The van der Waals surface area contributed by atoms with Crippen molar-refractivity contribution in [3.63, 3.8) is 0 Å². The Hall–Kier alpha value is -1.97. The second kappa shape index (κ2) is 7.72. The van der Waals surface area contributed by atoms with Crippen LogP contribution in [-0.2, 0) is 16.0 Å². The molecule has 0 aliphatic carbocycles. The molecular weight excluding hydrogens is 284 g/mol. The Morgan fingerprint density at radius 3 is 2.57 bits per heavy atom. The molecule has 110 valence electrons. The minimum atomic E-state index is -0.264. The van der Waals surface area contributed by atoms with Crippen LogP contribution in [0.2, 0.25) is 0 Å². The smallest absolute Gasteiger partial charge is 0.256 e. The fourth-order valence-corrected chi connectivity index (χ4v) is 2.98. The van der Waals surface area contributed by atoms with E-state index in [1.807, 2.05) is 28.8 Å². The molecule has 1 aromatic carbocycles. The van der Waals surface area contributed by atoms with Gasteiger partial charge < -0.3 is 10.2 Å². The number of nitrogens with one attached hydrogen (secondary N) is 1. The lowest BCUT2D eigenvalue weighted by Gasteiger charge is -2.26. The molecule has 0 spiro atoms. The third kappa shape index (κ3) is 4.81. The zero-order chi connectivity index (χ0) is 15.1. The molecule has 4 nitrogen and oxygen atoms in total. The maximum Gasteiger partial charge on any atom is 0.256 e. The van der Waals surface area contributed by atoms with Crippen LogP contribution in [0.25, 0.3) is 0 Å². The third-order valence-electron chi connectivity index (χ3n) is 3.17. The molecule has 0 radical (unpaired) electrons. The normalized spacial score (nSPS) is 14.2. The standard InChI is InChI=1S/C16H18N2O2S/c1-2-3-15(19)17-14-6-4-13(5-7-14)12-16(20)18-8-10-21-11-9-18/h3-7H,1,8-12H2,(H,17,19). The lowest BCUT2D eigenvalue weighted by Crippen LogP contribution is -2.38. The molecule has 1 fully saturated rings. The summed E-state index contributed by atoms with van der Waals surface area (Å²) in [6.45, 7) is 5.03. The van der Waals surface area contributed by atoms with E-state index in [1.54, 1.807) is 12.1 Å². The van der Waals surface area contributed by atoms with E-state index in [2.05, 4.69) is 17.6 Å². The van der Waals surface area contributed by atoms with Crippen molar-refractivity contribution in [3.05, 3.63) is 48.2 Å². The molecular formula is C16H18N2O2S. The minimum Gasteiger partial charge on any atom is -0.341 e. The van der Waals surface area contributed by atoms with Gasteiger partial charge in [-0.2, -0.15) is 11.8 Å². The minimum absolute atomic E-state index is 0.168. The van der Waals surface area contributed by atoms with Crippen molar-refractivity contribution < 1.29 is 9.59 Å². The number of nitrogens with zero attached hydrogens (tertiary/aromatic N) is 1. The molecule has 1 heterocycles. The van der Waals surface area contributed by atoms with Gasteiger partial charge in [-0.05, 0) is 17.7 Å². The van der Waals surface area contributed by atoms with Crippen molar-refractivity contribution in [2.75, 3.05) is 29.9 Å². The van der Waals surface area contributed by atoms with Crippen molar-refractivity contribution in [3.8, 4) is 0 Å². The van der Waals surface area contributed by atoms with E-state index in [1.165, 1.54) is 6.08 Å². The van der Waals surface area contributed by atoms with Gasteiger partial charge >= 0.3 is 0 Å². The fourth-order valence-electron chi connectivity index (χ4n) is 2.08. The van der Waals surface area contributed by atoms with Crippen LogP contribution in [0.5, 0.6) is 0 Å². The highest BCUT2D eigenvalue weighted by atomic mass is 32.2. The molecule has 1 aliphatic rings. The van der Waals surface area contributed by atoms with Gasteiger partial charge in [-0.25, -0.2) is 0 Å². The largest absolute Gasteiger partial charge is 0.341 e. The second-order valence-electron chi connectivity index (χ2n) is 4.70. The Kier molecular flexibility index (Phi) is 5.67. The van der Waals surface area contributed by atoms with Crippen LogP contribution in [0.3, 0.4) is 0 Å². The molecule has 1 aliphatic heterocycles. The molecule has 1 saturated heterocycles. The molecule has 2 amide bonds. The summed E-state index contributed by atoms with van der Waals surface area (Å²) in [6, 6.07) is 7.32. The number of thioether (sulfide) groups is 1. The second-order valence-corrected chi connectivity index (χ2v) is 5.93. The molecule has 0 aromatic heterocycles. The first-order valence-electron chi connectivity index (χ1n) is 6.80. The van der Waals surface area contributed by atoms with E-state index in [9.17, 15) is 9.59 Å². The van der Waals surface area contributed by atoms with Gasteiger partial charge in [0.1, 0.15) is 0 Å². The Labute approximate surface area is 128 Å². The summed E-state index contributed by atoms with van der Waals surface area (Å²) in [7, 11) is 0. The van der Waals surface area contributed by atoms with Crippen molar-refractivity contribution >= 4 is 29.3 Å². The van der Waals surface area contributed by atoms with Crippen molar-refractivity contribution in [2.45, 2.75) is 6.42 Å². The predicted octanol–water partition coefficient (Wildman–Crippen LogP) is 2.08. The van der Waals surface area contributed by atoms with Crippen LogP contribution in [0, 0.1) is 0 Å². The van der Waals surface area contributed by atoms with Crippen LogP contribution in [0.1, 0.15) is 5.56 Å². The Morgan fingerprint density at radius 1 is 1.29 bits per heavy atom. The highest BCUT2D eigenvalue weighted by Gasteiger charge is 2.16. The van der Waals surface area contributed by atoms with Gasteiger partial charge in [-0.1, -0.05) is 18.7 Å². The predicted molar refractivity (Wildman–Crippen MR) is 86.4 cm³/mol. The Balaban J connectivity index is 1.91. The molecule has 1 N–H and O–H groups in total. The summed E-state index contributed by atoms with van der Waals surface area (Å²) in [4.78, 5) is 25.4. The number of rotatable bonds is 4. The third-order valence-corrected chi connectivity index (χ3v) is 4.12. The maximum atomic E-state index is 12.1. The summed E-state index contributed by atoms with van der Waals surface area (Å²) in [5, 5.41) is 2.69. The van der Waals surface area contributed by atoms with E-state index in [4.69, 9.17) is 0 Å². The number of amides is 2. The van der Waals surface area contributed by atoms with E-state index < -0.39 is 0 Å². The van der Waals surface area contributed by atoms with Gasteiger partial charge in [0.05, 0.1) is 6.42 Å². The highest BCUT2D eigenvalue weighted by molar-refractivity contribution is 7.99. The zero-order valence-corrected chi connectivity index (χ0v) is 12.6. The van der Waals surface area contributed by atoms with E-state index >= 15 is 0 Å². The molecule has 1 aromatic rings. The number of hydrogen-bond donors (Lipinski definition) is 1. The molecule has 0 bridgehead atoms. The van der Waals surface area contributed by atoms with E-state index in [-0.39, 0.29) is 11.8 Å². The number of carbonyl (C=O) groups is 2. The zero-order valence-electron chi connectivity index (χ0n) is 11.8. The van der Waals surface area contributed by atoms with Crippen LogP contribution in [0.4, 0.5) is 5.69 Å².